The van der Waals surface area contributed by atoms with E-state index in [2.05, 4.69) is 40.3 Å². The van der Waals surface area contributed by atoms with Crippen molar-refractivity contribution in [2.45, 2.75) is 12.8 Å². The number of nitrogens with one attached hydrogen (secondary N) is 3. The molecule has 6 aromatic rings. The maximum Gasteiger partial charge on any atom is 0.238 e. The average Bonchev–Trinajstić information content (AvgIpc) is 3.80. The number of pyridine rings is 3. The van der Waals surface area contributed by atoms with E-state index in [4.69, 9.17) is 4.74 Å². The molecule has 1 aromatic carbocycles. The van der Waals surface area contributed by atoms with Gasteiger partial charge in [0.2, 0.25) is 5.91 Å². The van der Waals surface area contributed by atoms with Crippen molar-refractivity contribution in [3.05, 3.63) is 73.2 Å². The highest BCUT2D eigenvalue weighted by Crippen LogP contribution is 2.35. The van der Waals surface area contributed by atoms with Crippen molar-refractivity contribution in [1.82, 2.24) is 39.9 Å². The van der Waals surface area contributed by atoms with Crippen LogP contribution in [0.15, 0.2) is 67.4 Å². The van der Waals surface area contributed by atoms with E-state index < -0.39 is 0 Å². The Morgan fingerprint density at radius 1 is 0.957 bits per heavy atom. The fourth-order valence-electron chi connectivity index (χ4n) is 5.93. The number of aromatic nitrogens is 6. The summed E-state index contributed by atoms with van der Waals surface area (Å²) in [6.45, 7) is 3.78. The van der Waals surface area contributed by atoms with Gasteiger partial charge in [-0.15, -0.1) is 0 Å². The molecule has 234 valence electrons. The summed E-state index contributed by atoms with van der Waals surface area (Å²) in [6, 6.07) is 10.6. The number of amides is 1. The van der Waals surface area contributed by atoms with Crippen molar-refractivity contribution in [3.63, 3.8) is 0 Å². The first kappa shape index (κ1) is 29.5. The van der Waals surface area contributed by atoms with Crippen molar-refractivity contribution in [3.8, 4) is 39.4 Å². The Hall–Kier alpha value is -5.20. The molecule has 5 aromatic heterocycles. The number of carbonyl (C=O) groups excluding carboxylic acids is 1. The van der Waals surface area contributed by atoms with Crippen LogP contribution >= 0.6 is 0 Å². The molecule has 3 N–H and O–H groups in total. The lowest BCUT2D eigenvalue weighted by Gasteiger charge is -2.15. The van der Waals surface area contributed by atoms with Crippen LogP contribution in [0.2, 0.25) is 0 Å². The fourth-order valence-corrected chi connectivity index (χ4v) is 5.93. The Bertz CT molecular complexity index is 2030. The Morgan fingerprint density at radius 2 is 1.78 bits per heavy atom. The molecule has 0 aliphatic carbocycles. The summed E-state index contributed by atoms with van der Waals surface area (Å²) in [5, 5.41) is 12.2. The largest absolute Gasteiger partial charge is 0.492 e. The third kappa shape index (κ3) is 6.30. The minimum atomic E-state index is -0.367. The van der Waals surface area contributed by atoms with E-state index in [0.29, 0.717) is 34.9 Å². The minimum Gasteiger partial charge on any atom is -0.492 e. The van der Waals surface area contributed by atoms with Gasteiger partial charge in [0, 0.05) is 58.7 Å². The van der Waals surface area contributed by atoms with Crippen LogP contribution in [0, 0.1) is 5.82 Å². The molecule has 1 fully saturated rings. The third-order valence-electron chi connectivity index (χ3n) is 8.09. The molecule has 1 amide bonds. The lowest BCUT2D eigenvalue weighted by Crippen LogP contribution is -2.27. The lowest BCUT2D eigenvalue weighted by molar-refractivity contribution is -0.116. The van der Waals surface area contributed by atoms with Crippen LogP contribution in [0.3, 0.4) is 0 Å². The zero-order valence-electron chi connectivity index (χ0n) is 25.7. The first-order valence-electron chi connectivity index (χ1n) is 15.3. The first-order chi connectivity index (χ1) is 22.4. The quantitative estimate of drug-likeness (QED) is 0.187. The highest BCUT2D eigenvalue weighted by atomic mass is 19.1. The van der Waals surface area contributed by atoms with E-state index in [-0.39, 0.29) is 18.3 Å². The molecule has 0 radical (unpaired) electrons. The van der Waals surface area contributed by atoms with Crippen LogP contribution in [0.1, 0.15) is 12.8 Å². The highest BCUT2D eigenvalue weighted by molar-refractivity contribution is 6.01. The Morgan fingerprint density at radius 3 is 2.63 bits per heavy atom. The molecule has 0 unspecified atom stereocenters. The number of likely N-dealkylation sites (tertiary alicyclic amines) is 1. The number of fused-ring (bicyclic) bond motifs is 2. The van der Waals surface area contributed by atoms with Crippen molar-refractivity contribution in [1.29, 1.82) is 0 Å². The SMILES string of the molecule is CN(C)CC(=O)Nc1cncc(-c2cnc3[nH]nc(-c4cc5c(-c6cc(F)cc(OCCN7CCCC7)c6)cncc5[nH]4)c3c2)c1. The number of benzene rings is 1. The van der Waals surface area contributed by atoms with Gasteiger partial charge in [0.15, 0.2) is 5.65 Å². The molecule has 1 aliphatic rings. The summed E-state index contributed by atoms with van der Waals surface area (Å²) in [6.07, 6.45) is 11.0. The number of halogens is 1. The summed E-state index contributed by atoms with van der Waals surface area (Å²) in [5.41, 5.74) is 6.54. The molecule has 0 atom stereocenters. The Labute approximate surface area is 264 Å². The molecular formula is C34H34FN9O2. The number of nitrogens with zero attached hydrogens (tertiary/aromatic N) is 6. The van der Waals surface area contributed by atoms with Crippen molar-refractivity contribution < 1.29 is 13.9 Å². The van der Waals surface area contributed by atoms with Gasteiger partial charge in [-0.25, -0.2) is 9.37 Å². The topological polar surface area (TPSA) is 128 Å². The van der Waals surface area contributed by atoms with Gasteiger partial charge < -0.3 is 19.9 Å². The van der Waals surface area contributed by atoms with Crippen molar-refractivity contribution >= 4 is 33.5 Å². The smallest absolute Gasteiger partial charge is 0.238 e. The molecule has 0 bridgehead atoms. The minimum absolute atomic E-state index is 0.123. The van der Waals surface area contributed by atoms with Gasteiger partial charge in [0.05, 0.1) is 35.8 Å². The molecule has 7 rings (SSSR count). The van der Waals surface area contributed by atoms with Crippen LogP contribution in [-0.4, -0.2) is 92.7 Å². The van der Waals surface area contributed by atoms with E-state index in [1.165, 1.54) is 25.0 Å². The zero-order chi connectivity index (χ0) is 31.6. The first-order valence-corrected chi connectivity index (χ1v) is 15.3. The number of hydrogen-bond donors (Lipinski definition) is 3. The monoisotopic (exact) mass is 619 g/mol. The molecule has 0 spiro atoms. The maximum absolute atomic E-state index is 14.8. The standard InChI is InChI=1S/C34H34FN9O2/c1-43(2)20-32(45)39-25-10-22(15-36-17-25)23-12-28-33(41-42-34(28)38-16-23)30-14-27-29(18-37-19-31(27)40-30)21-9-24(35)13-26(11-21)46-8-7-44-5-3-4-6-44/h9-19,40H,3-8,20H2,1-2H3,(H,39,45)(H,38,41,42). The van der Waals surface area contributed by atoms with Crippen molar-refractivity contribution in [2.24, 2.45) is 0 Å². The lowest BCUT2D eigenvalue weighted by atomic mass is 10.0. The fraction of sp³-hybridized carbons (Fsp3) is 0.265. The number of ether oxygens (including phenoxy) is 1. The molecule has 12 heteroatoms. The Kier molecular flexibility index (Phi) is 8.12. The van der Waals surface area contributed by atoms with Crippen LogP contribution < -0.4 is 10.1 Å². The zero-order valence-corrected chi connectivity index (χ0v) is 25.7. The second-order valence-electron chi connectivity index (χ2n) is 11.8. The predicted octanol–water partition coefficient (Wildman–Crippen LogP) is 5.34. The van der Waals surface area contributed by atoms with E-state index in [0.717, 1.165) is 58.3 Å². The van der Waals surface area contributed by atoms with Gasteiger partial charge >= 0.3 is 0 Å². The second-order valence-corrected chi connectivity index (χ2v) is 11.8. The molecule has 46 heavy (non-hydrogen) atoms. The normalized spacial score (nSPS) is 13.7. The van der Waals surface area contributed by atoms with E-state index in [1.54, 1.807) is 35.9 Å². The molecule has 1 saturated heterocycles. The van der Waals surface area contributed by atoms with Crippen LogP contribution in [-0.2, 0) is 4.79 Å². The van der Waals surface area contributed by atoms with Gasteiger partial charge in [0.1, 0.15) is 23.9 Å². The molecular weight excluding hydrogens is 585 g/mol. The summed E-state index contributed by atoms with van der Waals surface area (Å²) in [5.74, 6) is 0.00525. The average molecular weight is 620 g/mol. The number of hydrogen-bond acceptors (Lipinski definition) is 8. The van der Waals surface area contributed by atoms with Crippen LogP contribution in [0.25, 0.3) is 55.6 Å². The van der Waals surface area contributed by atoms with Gasteiger partial charge in [-0.05, 0) is 75.9 Å². The van der Waals surface area contributed by atoms with Gasteiger partial charge in [-0.3, -0.25) is 24.8 Å². The van der Waals surface area contributed by atoms with Crippen LogP contribution in [0.4, 0.5) is 10.1 Å². The number of rotatable bonds is 10. The van der Waals surface area contributed by atoms with Crippen molar-refractivity contribution in [2.75, 3.05) is 52.2 Å². The number of H-pyrrole nitrogens is 2. The number of aromatic amines is 2. The molecule has 0 saturated carbocycles. The maximum atomic E-state index is 14.8. The molecule has 6 heterocycles. The van der Waals surface area contributed by atoms with E-state index in [1.807, 2.05) is 38.4 Å². The highest BCUT2D eigenvalue weighted by Gasteiger charge is 2.17. The number of anilines is 1. The number of carbonyl (C=O) groups is 1. The van der Waals surface area contributed by atoms with Gasteiger partial charge in [-0.1, -0.05) is 0 Å². The second kappa shape index (κ2) is 12.7. The summed E-state index contributed by atoms with van der Waals surface area (Å²) >= 11 is 0. The number of likely N-dealkylation sites (N-methyl/N-ethyl adjacent to an activating group) is 1. The van der Waals surface area contributed by atoms with Gasteiger partial charge in [-0.2, -0.15) is 5.10 Å². The summed E-state index contributed by atoms with van der Waals surface area (Å²) in [7, 11) is 3.68. The molecule has 11 nitrogen and oxygen atoms in total. The van der Waals surface area contributed by atoms with E-state index >= 15 is 0 Å². The van der Waals surface area contributed by atoms with Gasteiger partial charge in [0.25, 0.3) is 0 Å². The third-order valence-corrected chi connectivity index (χ3v) is 8.09. The van der Waals surface area contributed by atoms with Crippen LogP contribution in [0.5, 0.6) is 5.75 Å². The Balaban J connectivity index is 1.18. The predicted molar refractivity (Wildman–Crippen MR) is 176 cm³/mol. The molecule has 1 aliphatic heterocycles. The van der Waals surface area contributed by atoms with E-state index in [9.17, 15) is 9.18 Å². The summed E-state index contributed by atoms with van der Waals surface area (Å²) < 4.78 is 20.8. The summed E-state index contributed by atoms with van der Waals surface area (Å²) in [4.78, 5) is 33.2.